The van der Waals surface area contributed by atoms with Gasteiger partial charge in [0.2, 0.25) is 0 Å². The van der Waals surface area contributed by atoms with Gasteiger partial charge in [0, 0.05) is 5.41 Å². The molecular formula is C24H23NO. The summed E-state index contributed by atoms with van der Waals surface area (Å²) >= 11 is 0. The normalized spacial score (nSPS) is 13.5. The molecule has 3 aromatic rings. The van der Waals surface area contributed by atoms with Gasteiger partial charge in [-0.15, -0.1) is 0 Å². The van der Waals surface area contributed by atoms with Crippen LogP contribution in [0.25, 0.3) is 0 Å². The van der Waals surface area contributed by atoms with Crippen molar-refractivity contribution in [3.8, 4) is 11.8 Å². The van der Waals surface area contributed by atoms with Gasteiger partial charge in [0.05, 0.1) is 18.6 Å². The van der Waals surface area contributed by atoms with Crippen LogP contribution < -0.4 is 4.74 Å². The Balaban J connectivity index is 2.27. The lowest BCUT2D eigenvalue weighted by Gasteiger charge is -2.43. The molecule has 0 amide bonds. The van der Waals surface area contributed by atoms with Gasteiger partial charge in [0.25, 0.3) is 0 Å². The molecular weight excluding hydrogens is 318 g/mol. The highest BCUT2D eigenvalue weighted by Gasteiger charge is 2.48. The first kappa shape index (κ1) is 17.8. The van der Waals surface area contributed by atoms with Crippen LogP contribution in [0.4, 0.5) is 0 Å². The SMILES string of the molecule is COc1ccc(C(C)(C#N)C(C)(c2ccccc2)c2ccccc2)cc1. The molecule has 0 saturated heterocycles. The highest BCUT2D eigenvalue weighted by molar-refractivity contribution is 5.51. The fourth-order valence-corrected chi connectivity index (χ4v) is 3.68. The number of hydrogen-bond donors (Lipinski definition) is 0. The van der Waals surface area contributed by atoms with E-state index < -0.39 is 10.8 Å². The monoisotopic (exact) mass is 341 g/mol. The number of benzene rings is 3. The second-order valence-corrected chi connectivity index (χ2v) is 6.82. The number of rotatable bonds is 5. The van der Waals surface area contributed by atoms with E-state index in [-0.39, 0.29) is 0 Å². The highest BCUT2D eigenvalue weighted by atomic mass is 16.5. The zero-order valence-electron chi connectivity index (χ0n) is 15.4. The van der Waals surface area contributed by atoms with Crippen LogP contribution >= 0.6 is 0 Å². The van der Waals surface area contributed by atoms with Crippen LogP contribution in [0.2, 0.25) is 0 Å². The minimum atomic E-state index is -0.762. The minimum absolute atomic E-state index is 0.515. The van der Waals surface area contributed by atoms with Gasteiger partial charge in [0.15, 0.2) is 0 Å². The molecule has 0 N–H and O–H groups in total. The Hall–Kier alpha value is -3.05. The second kappa shape index (κ2) is 7.06. The lowest BCUT2D eigenvalue weighted by Crippen LogP contribution is -2.45. The molecule has 0 aliphatic heterocycles. The minimum Gasteiger partial charge on any atom is -0.497 e. The molecule has 0 bridgehead atoms. The van der Waals surface area contributed by atoms with E-state index in [1.807, 2.05) is 67.6 Å². The maximum absolute atomic E-state index is 10.3. The molecule has 2 heteroatoms. The first-order valence-electron chi connectivity index (χ1n) is 8.73. The molecule has 0 fully saturated rings. The first-order chi connectivity index (χ1) is 12.6. The smallest absolute Gasteiger partial charge is 0.118 e. The van der Waals surface area contributed by atoms with Crippen LogP contribution in [0.5, 0.6) is 5.75 Å². The number of hydrogen-bond acceptors (Lipinski definition) is 2. The Morgan fingerprint density at radius 2 is 1.15 bits per heavy atom. The van der Waals surface area contributed by atoms with Gasteiger partial charge < -0.3 is 4.74 Å². The van der Waals surface area contributed by atoms with E-state index >= 15 is 0 Å². The zero-order valence-corrected chi connectivity index (χ0v) is 15.4. The van der Waals surface area contributed by atoms with Crippen LogP contribution in [0.1, 0.15) is 30.5 Å². The van der Waals surface area contributed by atoms with Crippen molar-refractivity contribution in [2.75, 3.05) is 7.11 Å². The maximum atomic E-state index is 10.3. The summed E-state index contributed by atoms with van der Waals surface area (Å²) in [6, 6.07) is 31.0. The number of ether oxygens (including phenoxy) is 1. The van der Waals surface area contributed by atoms with Gasteiger partial charge >= 0.3 is 0 Å². The zero-order chi connectivity index (χ0) is 18.6. The fourth-order valence-electron chi connectivity index (χ4n) is 3.68. The van der Waals surface area contributed by atoms with Gasteiger partial charge in [-0.2, -0.15) is 5.26 Å². The van der Waals surface area contributed by atoms with Crippen molar-refractivity contribution in [2.45, 2.75) is 24.7 Å². The van der Waals surface area contributed by atoms with Crippen LogP contribution in [0, 0.1) is 11.3 Å². The van der Waals surface area contributed by atoms with Gasteiger partial charge in [-0.05, 0) is 42.7 Å². The molecule has 0 saturated carbocycles. The van der Waals surface area contributed by atoms with E-state index in [0.29, 0.717) is 0 Å². The quantitative estimate of drug-likeness (QED) is 0.615. The molecule has 1 unspecified atom stereocenters. The lowest BCUT2D eigenvalue weighted by molar-refractivity contribution is 0.381. The summed E-state index contributed by atoms with van der Waals surface area (Å²) in [5.41, 5.74) is 1.93. The summed E-state index contributed by atoms with van der Waals surface area (Å²) in [5, 5.41) is 10.3. The van der Waals surface area contributed by atoms with Gasteiger partial charge in [-0.25, -0.2) is 0 Å². The van der Waals surface area contributed by atoms with Crippen molar-refractivity contribution in [1.29, 1.82) is 5.26 Å². The van der Waals surface area contributed by atoms with E-state index in [1.54, 1.807) is 7.11 Å². The molecule has 0 radical (unpaired) electrons. The standard InChI is InChI=1S/C24H23NO/c1-23(18-25,19-14-16-22(26-3)17-15-19)24(2,20-10-6-4-7-11-20)21-12-8-5-9-13-21/h4-17H,1-3H3. The van der Waals surface area contributed by atoms with E-state index in [2.05, 4.69) is 37.3 Å². The average molecular weight is 341 g/mol. The van der Waals surface area contributed by atoms with Crippen LogP contribution in [0.3, 0.4) is 0 Å². The Labute approximate surface area is 155 Å². The molecule has 3 rings (SSSR count). The second-order valence-electron chi connectivity index (χ2n) is 6.82. The van der Waals surface area contributed by atoms with Crippen molar-refractivity contribution in [3.05, 3.63) is 102 Å². The molecule has 26 heavy (non-hydrogen) atoms. The molecule has 0 heterocycles. The van der Waals surface area contributed by atoms with Crippen LogP contribution in [-0.4, -0.2) is 7.11 Å². The summed E-state index contributed by atoms with van der Waals surface area (Å²) in [6.07, 6.45) is 0. The maximum Gasteiger partial charge on any atom is 0.118 e. The number of methoxy groups -OCH3 is 1. The van der Waals surface area contributed by atoms with Crippen molar-refractivity contribution in [1.82, 2.24) is 0 Å². The molecule has 1 atom stereocenters. The third kappa shape index (κ3) is 2.76. The lowest BCUT2D eigenvalue weighted by atomic mass is 9.56. The molecule has 130 valence electrons. The Kier molecular flexibility index (Phi) is 4.82. The van der Waals surface area contributed by atoms with E-state index in [1.165, 1.54) is 0 Å². The number of nitriles is 1. The van der Waals surface area contributed by atoms with E-state index in [4.69, 9.17) is 4.74 Å². The third-order valence-electron chi connectivity index (χ3n) is 5.59. The van der Waals surface area contributed by atoms with Crippen molar-refractivity contribution in [2.24, 2.45) is 0 Å². The summed E-state index contributed by atoms with van der Waals surface area (Å²) in [7, 11) is 1.65. The van der Waals surface area contributed by atoms with E-state index in [0.717, 1.165) is 22.4 Å². The van der Waals surface area contributed by atoms with Gasteiger partial charge in [-0.1, -0.05) is 72.8 Å². The molecule has 0 aromatic heterocycles. The predicted molar refractivity (Wildman–Crippen MR) is 105 cm³/mol. The van der Waals surface area contributed by atoms with E-state index in [9.17, 15) is 5.26 Å². The first-order valence-corrected chi connectivity index (χ1v) is 8.73. The highest BCUT2D eigenvalue weighted by Crippen LogP contribution is 2.48. The largest absolute Gasteiger partial charge is 0.497 e. The summed E-state index contributed by atoms with van der Waals surface area (Å²) in [5.74, 6) is 0.787. The summed E-state index contributed by atoms with van der Waals surface area (Å²) < 4.78 is 5.29. The molecule has 2 nitrogen and oxygen atoms in total. The van der Waals surface area contributed by atoms with Gasteiger partial charge in [0.1, 0.15) is 5.75 Å². The Morgan fingerprint density at radius 1 is 0.692 bits per heavy atom. The third-order valence-corrected chi connectivity index (χ3v) is 5.59. The molecule has 3 aromatic carbocycles. The summed E-state index contributed by atoms with van der Waals surface area (Å²) in [6.45, 7) is 4.18. The average Bonchev–Trinajstić information content (AvgIpc) is 2.73. The van der Waals surface area contributed by atoms with Crippen molar-refractivity contribution >= 4 is 0 Å². The molecule has 0 aliphatic carbocycles. The molecule has 0 spiro atoms. The Morgan fingerprint density at radius 3 is 1.54 bits per heavy atom. The summed E-state index contributed by atoms with van der Waals surface area (Å²) in [4.78, 5) is 0. The van der Waals surface area contributed by atoms with Gasteiger partial charge in [-0.3, -0.25) is 0 Å². The Bertz CT molecular complexity index is 855. The van der Waals surface area contributed by atoms with Crippen molar-refractivity contribution < 1.29 is 4.74 Å². The molecule has 0 aliphatic rings. The number of nitrogens with zero attached hydrogens (tertiary/aromatic N) is 1. The van der Waals surface area contributed by atoms with Crippen LogP contribution in [0.15, 0.2) is 84.9 Å². The topological polar surface area (TPSA) is 33.0 Å². The van der Waals surface area contributed by atoms with Crippen LogP contribution in [-0.2, 0) is 10.8 Å². The predicted octanol–water partition coefficient (Wildman–Crippen LogP) is 5.48. The van der Waals surface area contributed by atoms with Crippen molar-refractivity contribution in [3.63, 3.8) is 0 Å². The fraction of sp³-hybridized carbons (Fsp3) is 0.208.